The Hall–Kier alpha value is -0.0800. The number of rotatable bonds is 5. The molecular formula is C12H25NO. The van der Waals surface area contributed by atoms with Gasteiger partial charge in [0.05, 0.1) is 12.7 Å². The summed E-state index contributed by atoms with van der Waals surface area (Å²) in [4.78, 5) is 0. The van der Waals surface area contributed by atoms with Crippen LogP contribution in [0.25, 0.3) is 0 Å². The van der Waals surface area contributed by atoms with Crippen LogP contribution in [-0.2, 0) is 4.74 Å². The molecule has 0 bridgehead atoms. The second-order valence-corrected chi connectivity index (χ2v) is 4.56. The van der Waals surface area contributed by atoms with E-state index in [0.717, 1.165) is 19.2 Å². The van der Waals surface area contributed by atoms with Crippen LogP contribution in [0.5, 0.6) is 0 Å². The van der Waals surface area contributed by atoms with Crippen molar-refractivity contribution in [3.63, 3.8) is 0 Å². The van der Waals surface area contributed by atoms with E-state index in [1.54, 1.807) is 0 Å². The Kier molecular flexibility index (Phi) is 6.20. The molecule has 0 saturated heterocycles. The quantitative estimate of drug-likeness (QED) is 0.543. The highest BCUT2D eigenvalue weighted by Crippen LogP contribution is 2.16. The van der Waals surface area contributed by atoms with Crippen molar-refractivity contribution in [3.8, 4) is 0 Å². The molecule has 1 saturated carbocycles. The molecule has 0 unspecified atom stereocenters. The van der Waals surface area contributed by atoms with Crippen LogP contribution in [0.15, 0.2) is 0 Å². The Morgan fingerprint density at radius 3 is 2.36 bits per heavy atom. The summed E-state index contributed by atoms with van der Waals surface area (Å²) in [5.74, 6) is 0. The molecule has 1 aliphatic rings. The fraction of sp³-hybridized carbons (Fsp3) is 1.00. The molecule has 0 aliphatic heterocycles. The SMILES string of the molecule is CC(C)OCCNC1CCCCCC1. The first-order valence-corrected chi connectivity index (χ1v) is 6.14. The predicted octanol–water partition coefficient (Wildman–Crippen LogP) is 2.72. The van der Waals surface area contributed by atoms with Crippen LogP contribution in [0, 0.1) is 0 Å². The van der Waals surface area contributed by atoms with Crippen LogP contribution in [0.2, 0.25) is 0 Å². The van der Waals surface area contributed by atoms with Crippen molar-refractivity contribution in [2.75, 3.05) is 13.2 Å². The second kappa shape index (κ2) is 7.24. The van der Waals surface area contributed by atoms with Crippen LogP contribution >= 0.6 is 0 Å². The number of ether oxygens (including phenoxy) is 1. The minimum Gasteiger partial charge on any atom is -0.377 e. The second-order valence-electron chi connectivity index (χ2n) is 4.56. The maximum absolute atomic E-state index is 5.50. The molecule has 2 heteroatoms. The molecule has 0 spiro atoms. The van der Waals surface area contributed by atoms with Gasteiger partial charge in [0.2, 0.25) is 0 Å². The minimum absolute atomic E-state index is 0.367. The zero-order valence-corrected chi connectivity index (χ0v) is 9.72. The van der Waals surface area contributed by atoms with Gasteiger partial charge >= 0.3 is 0 Å². The monoisotopic (exact) mass is 199 g/mol. The van der Waals surface area contributed by atoms with Crippen LogP contribution < -0.4 is 5.32 Å². The molecule has 0 aromatic carbocycles. The van der Waals surface area contributed by atoms with Gasteiger partial charge in [-0.25, -0.2) is 0 Å². The van der Waals surface area contributed by atoms with Gasteiger partial charge in [0.25, 0.3) is 0 Å². The van der Waals surface area contributed by atoms with Gasteiger partial charge in [0.15, 0.2) is 0 Å². The summed E-state index contributed by atoms with van der Waals surface area (Å²) < 4.78 is 5.50. The summed E-state index contributed by atoms with van der Waals surface area (Å²) in [5.41, 5.74) is 0. The van der Waals surface area contributed by atoms with Crippen LogP contribution in [0.3, 0.4) is 0 Å². The van der Waals surface area contributed by atoms with E-state index in [9.17, 15) is 0 Å². The molecular weight excluding hydrogens is 174 g/mol. The molecule has 1 rings (SSSR count). The Labute approximate surface area is 88.4 Å². The summed E-state index contributed by atoms with van der Waals surface area (Å²) >= 11 is 0. The van der Waals surface area contributed by atoms with E-state index in [-0.39, 0.29) is 0 Å². The van der Waals surface area contributed by atoms with E-state index in [4.69, 9.17) is 4.74 Å². The van der Waals surface area contributed by atoms with Gasteiger partial charge in [-0.1, -0.05) is 25.7 Å². The lowest BCUT2D eigenvalue weighted by molar-refractivity contribution is 0.0790. The molecule has 0 radical (unpaired) electrons. The third kappa shape index (κ3) is 5.61. The Morgan fingerprint density at radius 1 is 1.14 bits per heavy atom. The maximum Gasteiger partial charge on any atom is 0.0594 e. The van der Waals surface area contributed by atoms with Crippen molar-refractivity contribution in [1.29, 1.82) is 0 Å². The summed E-state index contributed by atoms with van der Waals surface area (Å²) in [6.07, 6.45) is 8.77. The number of nitrogens with one attached hydrogen (secondary N) is 1. The summed E-state index contributed by atoms with van der Waals surface area (Å²) in [5, 5.41) is 3.59. The first kappa shape index (κ1) is 12.0. The Balaban J connectivity index is 1.99. The van der Waals surface area contributed by atoms with Crippen molar-refractivity contribution < 1.29 is 4.74 Å². The van der Waals surface area contributed by atoms with E-state index in [0.29, 0.717) is 6.10 Å². The fourth-order valence-corrected chi connectivity index (χ4v) is 2.04. The fourth-order valence-electron chi connectivity index (χ4n) is 2.04. The maximum atomic E-state index is 5.50. The van der Waals surface area contributed by atoms with Crippen LogP contribution in [0.4, 0.5) is 0 Å². The van der Waals surface area contributed by atoms with E-state index in [1.807, 2.05) is 0 Å². The topological polar surface area (TPSA) is 21.3 Å². The molecule has 0 aromatic heterocycles. The molecule has 0 heterocycles. The van der Waals surface area contributed by atoms with Gasteiger partial charge in [-0.2, -0.15) is 0 Å². The lowest BCUT2D eigenvalue weighted by Crippen LogP contribution is -2.32. The lowest BCUT2D eigenvalue weighted by Gasteiger charge is -2.16. The zero-order chi connectivity index (χ0) is 10.2. The van der Waals surface area contributed by atoms with E-state index >= 15 is 0 Å². The van der Waals surface area contributed by atoms with Crippen molar-refractivity contribution >= 4 is 0 Å². The molecule has 2 nitrogen and oxygen atoms in total. The third-order valence-electron chi connectivity index (χ3n) is 2.84. The number of hydrogen-bond acceptors (Lipinski definition) is 2. The summed E-state index contributed by atoms with van der Waals surface area (Å²) in [7, 11) is 0. The van der Waals surface area contributed by atoms with Crippen LogP contribution in [0.1, 0.15) is 52.4 Å². The normalized spacial score (nSPS) is 19.9. The average Bonchev–Trinajstić information content (AvgIpc) is 2.40. The standard InChI is InChI=1S/C12H25NO/c1-11(2)14-10-9-13-12-7-5-3-4-6-8-12/h11-13H,3-10H2,1-2H3. The molecule has 1 N–H and O–H groups in total. The smallest absolute Gasteiger partial charge is 0.0594 e. The summed E-state index contributed by atoms with van der Waals surface area (Å²) in [6, 6.07) is 0.758. The molecule has 0 atom stereocenters. The van der Waals surface area contributed by atoms with Gasteiger partial charge in [0, 0.05) is 12.6 Å². The molecule has 0 amide bonds. The summed E-state index contributed by atoms with van der Waals surface area (Å²) in [6.45, 7) is 6.05. The van der Waals surface area contributed by atoms with Crippen molar-refractivity contribution in [2.24, 2.45) is 0 Å². The van der Waals surface area contributed by atoms with E-state index < -0.39 is 0 Å². The largest absolute Gasteiger partial charge is 0.377 e. The molecule has 0 aromatic rings. The number of hydrogen-bond donors (Lipinski definition) is 1. The van der Waals surface area contributed by atoms with Gasteiger partial charge < -0.3 is 10.1 Å². The minimum atomic E-state index is 0.367. The van der Waals surface area contributed by atoms with Crippen molar-refractivity contribution in [2.45, 2.75) is 64.5 Å². The predicted molar refractivity (Wildman–Crippen MR) is 60.6 cm³/mol. The van der Waals surface area contributed by atoms with E-state index in [1.165, 1.54) is 38.5 Å². The van der Waals surface area contributed by atoms with Crippen molar-refractivity contribution in [3.05, 3.63) is 0 Å². The van der Waals surface area contributed by atoms with Gasteiger partial charge in [-0.3, -0.25) is 0 Å². The highest BCUT2D eigenvalue weighted by molar-refractivity contribution is 4.70. The van der Waals surface area contributed by atoms with Crippen molar-refractivity contribution in [1.82, 2.24) is 5.32 Å². The highest BCUT2D eigenvalue weighted by Gasteiger charge is 2.10. The van der Waals surface area contributed by atoms with Gasteiger partial charge in [0.1, 0.15) is 0 Å². The molecule has 1 aliphatic carbocycles. The average molecular weight is 199 g/mol. The molecule has 1 fully saturated rings. The zero-order valence-electron chi connectivity index (χ0n) is 9.72. The van der Waals surface area contributed by atoms with E-state index in [2.05, 4.69) is 19.2 Å². The molecule has 84 valence electrons. The Bertz CT molecular complexity index is 128. The highest BCUT2D eigenvalue weighted by atomic mass is 16.5. The lowest BCUT2D eigenvalue weighted by atomic mass is 10.1. The van der Waals surface area contributed by atoms with Crippen LogP contribution in [-0.4, -0.2) is 25.3 Å². The first-order chi connectivity index (χ1) is 6.79. The van der Waals surface area contributed by atoms with Gasteiger partial charge in [-0.15, -0.1) is 0 Å². The first-order valence-electron chi connectivity index (χ1n) is 6.14. The Morgan fingerprint density at radius 2 is 1.79 bits per heavy atom. The molecule has 14 heavy (non-hydrogen) atoms. The van der Waals surface area contributed by atoms with Gasteiger partial charge in [-0.05, 0) is 26.7 Å². The third-order valence-corrected chi connectivity index (χ3v) is 2.84.